The maximum atomic E-state index is 12.4. The van der Waals surface area contributed by atoms with E-state index in [1.807, 2.05) is 27.2 Å². The number of carbonyl (C=O) groups is 1. The van der Waals surface area contributed by atoms with Gasteiger partial charge in [0.1, 0.15) is 13.2 Å². The van der Waals surface area contributed by atoms with Crippen molar-refractivity contribution in [3.8, 4) is 0 Å². The summed E-state index contributed by atoms with van der Waals surface area (Å²) in [4.78, 5) is 24.7. The fourth-order valence-corrected chi connectivity index (χ4v) is 5.73. The Hall–Kier alpha value is -1.28. The zero-order valence-corrected chi connectivity index (χ0v) is 31.9. The molecule has 0 saturated heterocycles. The van der Waals surface area contributed by atoms with Gasteiger partial charge in [0.25, 0.3) is 7.82 Å². The van der Waals surface area contributed by atoms with Gasteiger partial charge >= 0.3 is 0 Å². The molecule has 0 bridgehead atoms. The van der Waals surface area contributed by atoms with Crippen LogP contribution in [0.5, 0.6) is 0 Å². The molecule has 0 saturated carbocycles. The summed E-state index contributed by atoms with van der Waals surface area (Å²) >= 11 is 0. The number of aliphatic hydroxyl groups is 1. The quantitative estimate of drug-likeness (QED) is 0.0309. The van der Waals surface area contributed by atoms with Crippen LogP contribution in [-0.2, 0) is 18.4 Å². The zero-order chi connectivity index (χ0) is 35.1. The van der Waals surface area contributed by atoms with Crippen LogP contribution in [0.4, 0.5) is 0 Å². The highest BCUT2D eigenvalue weighted by atomic mass is 31.2. The lowest BCUT2D eigenvalue weighted by Crippen LogP contribution is -2.45. The molecule has 0 heterocycles. The molecule has 0 spiro atoms. The van der Waals surface area contributed by atoms with E-state index in [0.717, 1.165) is 44.9 Å². The van der Waals surface area contributed by atoms with E-state index in [1.54, 1.807) is 6.08 Å². The van der Waals surface area contributed by atoms with Crippen LogP contribution in [0.2, 0.25) is 0 Å². The molecule has 0 fully saturated rings. The van der Waals surface area contributed by atoms with Crippen LogP contribution in [0.15, 0.2) is 36.5 Å². The van der Waals surface area contributed by atoms with Crippen LogP contribution in [0.3, 0.4) is 0 Å². The van der Waals surface area contributed by atoms with Gasteiger partial charge in [0, 0.05) is 6.42 Å². The SMILES string of the molecule is CCCCCCCCCCCCCC/C=C/CC/C=C/CC/C=C/C(O)C(COP(=O)([O-])OCC[N+](C)(C)C)NC(=O)CCCCC. The third kappa shape index (κ3) is 33.0. The van der Waals surface area contributed by atoms with Gasteiger partial charge in [-0.2, -0.15) is 0 Å². The summed E-state index contributed by atoms with van der Waals surface area (Å²) in [7, 11) is 1.23. The first kappa shape index (κ1) is 45.7. The number of aliphatic hydroxyl groups excluding tert-OH is 1. The Morgan fingerprint density at radius 1 is 0.723 bits per heavy atom. The lowest BCUT2D eigenvalue weighted by atomic mass is 10.0. The molecule has 0 aromatic rings. The number of carbonyl (C=O) groups excluding carboxylic acids is 1. The van der Waals surface area contributed by atoms with E-state index in [0.29, 0.717) is 17.4 Å². The van der Waals surface area contributed by atoms with Gasteiger partial charge in [-0.1, -0.05) is 134 Å². The van der Waals surface area contributed by atoms with E-state index in [1.165, 1.54) is 83.5 Å². The topological polar surface area (TPSA) is 108 Å². The van der Waals surface area contributed by atoms with Crippen molar-refractivity contribution in [3.63, 3.8) is 0 Å². The first-order valence-corrected chi connectivity index (χ1v) is 20.3. The van der Waals surface area contributed by atoms with Crippen molar-refractivity contribution >= 4 is 13.7 Å². The first-order valence-electron chi connectivity index (χ1n) is 18.9. The van der Waals surface area contributed by atoms with E-state index in [4.69, 9.17) is 9.05 Å². The minimum Gasteiger partial charge on any atom is -0.756 e. The van der Waals surface area contributed by atoms with E-state index in [2.05, 4.69) is 43.5 Å². The van der Waals surface area contributed by atoms with E-state index >= 15 is 0 Å². The molecule has 8 nitrogen and oxygen atoms in total. The minimum atomic E-state index is -4.57. The molecule has 276 valence electrons. The first-order chi connectivity index (χ1) is 22.5. The Morgan fingerprint density at radius 3 is 1.72 bits per heavy atom. The number of hydrogen-bond acceptors (Lipinski definition) is 6. The summed E-state index contributed by atoms with van der Waals surface area (Å²) in [5.74, 6) is -0.239. The summed E-state index contributed by atoms with van der Waals surface area (Å²) < 4.78 is 22.8. The number of likely N-dealkylation sites (N-methyl/N-ethyl adjacent to an activating group) is 1. The van der Waals surface area contributed by atoms with Crippen LogP contribution >= 0.6 is 7.82 Å². The molecule has 1 amide bonds. The van der Waals surface area contributed by atoms with Crippen LogP contribution in [0.1, 0.15) is 149 Å². The lowest BCUT2D eigenvalue weighted by Gasteiger charge is -2.29. The Morgan fingerprint density at radius 2 is 1.19 bits per heavy atom. The third-order valence-electron chi connectivity index (χ3n) is 8.08. The maximum absolute atomic E-state index is 12.4. The predicted octanol–water partition coefficient (Wildman–Crippen LogP) is 8.94. The Kier molecular flexibility index (Phi) is 29.9. The number of unbranched alkanes of at least 4 members (excludes halogenated alkanes) is 16. The van der Waals surface area contributed by atoms with Gasteiger partial charge in [-0.05, 0) is 44.9 Å². The second-order valence-corrected chi connectivity index (χ2v) is 15.3. The number of phosphoric acid groups is 1. The largest absolute Gasteiger partial charge is 0.756 e. The highest BCUT2D eigenvalue weighted by Crippen LogP contribution is 2.38. The molecule has 0 aliphatic rings. The third-order valence-corrected chi connectivity index (χ3v) is 9.04. The summed E-state index contributed by atoms with van der Waals surface area (Å²) in [5, 5.41) is 13.5. The van der Waals surface area contributed by atoms with Crippen molar-refractivity contribution in [2.24, 2.45) is 0 Å². The standard InChI is InChI=1S/C38H73N2O6P/c1-6-8-10-11-12-13-14-15-16-17-18-19-20-21-22-23-24-25-26-27-28-30-31-37(41)36(39-38(42)32-29-9-7-2)35-46-47(43,44)45-34-33-40(3,4)5/h21-22,25-26,30-31,36-37,41H,6-20,23-24,27-29,32-35H2,1-5H3,(H-,39,42,43,44)/b22-21+,26-25+,31-30+. The number of phosphoric ester groups is 1. The molecule has 0 aromatic heterocycles. The van der Waals surface area contributed by atoms with Crippen molar-refractivity contribution in [2.45, 2.75) is 161 Å². The van der Waals surface area contributed by atoms with Crippen LogP contribution in [-0.4, -0.2) is 68.5 Å². The smallest absolute Gasteiger partial charge is 0.268 e. The molecular formula is C38H73N2O6P. The predicted molar refractivity (Wildman–Crippen MR) is 196 cm³/mol. The van der Waals surface area contributed by atoms with Crippen LogP contribution in [0.25, 0.3) is 0 Å². The second-order valence-electron chi connectivity index (χ2n) is 13.9. The number of amides is 1. The van der Waals surface area contributed by atoms with Gasteiger partial charge in [-0.25, -0.2) is 0 Å². The average Bonchev–Trinajstić information content (AvgIpc) is 3.01. The molecule has 0 aliphatic heterocycles. The fourth-order valence-electron chi connectivity index (χ4n) is 5.00. The van der Waals surface area contributed by atoms with Gasteiger partial charge in [-0.15, -0.1) is 0 Å². The summed E-state index contributed by atoms with van der Waals surface area (Å²) in [5.41, 5.74) is 0. The highest BCUT2D eigenvalue weighted by molar-refractivity contribution is 7.45. The molecule has 0 aliphatic carbocycles. The molecule has 47 heavy (non-hydrogen) atoms. The highest BCUT2D eigenvalue weighted by Gasteiger charge is 2.23. The van der Waals surface area contributed by atoms with Crippen molar-refractivity contribution in [1.29, 1.82) is 0 Å². The Bertz CT molecular complexity index is 871. The summed E-state index contributed by atoms with van der Waals surface area (Å²) in [6.07, 6.45) is 35.7. The Balaban J connectivity index is 4.25. The van der Waals surface area contributed by atoms with Gasteiger partial charge < -0.3 is 28.8 Å². The van der Waals surface area contributed by atoms with E-state index in [-0.39, 0.29) is 12.5 Å². The van der Waals surface area contributed by atoms with E-state index in [9.17, 15) is 19.4 Å². The maximum Gasteiger partial charge on any atom is 0.268 e. The second kappa shape index (κ2) is 30.8. The van der Waals surface area contributed by atoms with Crippen molar-refractivity contribution in [2.75, 3.05) is 40.9 Å². The number of quaternary nitrogens is 1. The van der Waals surface area contributed by atoms with Gasteiger partial charge in [0.2, 0.25) is 5.91 Å². The van der Waals surface area contributed by atoms with Gasteiger partial charge in [0.15, 0.2) is 0 Å². The molecule has 0 aromatic carbocycles. The number of rotatable bonds is 33. The average molecular weight is 685 g/mol. The van der Waals surface area contributed by atoms with Crippen molar-refractivity contribution < 1.29 is 32.9 Å². The van der Waals surface area contributed by atoms with Crippen LogP contribution < -0.4 is 10.2 Å². The molecule has 2 N–H and O–H groups in total. The number of nitrogens with zero attached hydrogens (tertiary/aromatic N) is 1. The van der Waals surface area contributed by atoms with Crippen molar-refractivity contribution in [1.82, 2.24) is 5.32 Å². The molecule has 3 atom stereocenters. The summed E-state index contributed by atoms with van der Waals surface area (Å²) in [6.45, 7) is 4.41. The van der Waals surface area contributed by atoms with Crippen LogP contribution in [0, 0.1) is 0 Å². The molecule has 0 radical (unpaired) electrons. The van der Waals surface area contributed by atoms with E-state index < -0.39 is 26.6 Å². The molecule has 9 heteroatoms. The van der Waals surface area contributed by atoms with Gasteiger partial charge in [0.05, 0.1) is 39.9 Å². The monoisotopic (exact) mass is 685 g/mol. The minimum absolute atomic E-state index is 0.00986. The number of hydrogen-bond donors (Lipinski definition) is 2. The zero-order valence-electron chi connectivity index (χ0n) is 31.0. The Labute approximate surface area is 289 Å². The van der Waals surface area contributed by atoms with Crippen molar-refractivity contribution in [3.05, 3.63) is 36.5 Å². The number of nitrogens with one attached hydrogen (secondary N) is 1. The fraction of sp³-hybridized carbons (Fsp3) is 0.816. The number of allylic oxidation sites excluding steroid dienone is 5. The van der Waals surface area contributed by atoms with Gasteiger partial charge in [-0.3, -0.25) is 9.36 Å². The normalized spacial score (nSPS) is 15.1. The molecule has 0 rings (SSSR count). The molecule has 3 unspecified atom stereocenters. The lowest BCUT2D eigenvalue weighted by molar-refractivity contribution is -0.870. The molecular weight excluding hydrogens is 611 g/mol. The summed E-state index contributed by atoms with van der Waals surface area (Å²) in [6, 6.07) is -0.901.